The molecule has 0 atom stereocenters. The normalized spacial score (nSPS) is 11.2. The molecule has 0 radical (unpaired) electrons. The number of rotatable bonds is 4. The molecule has 0 bridgehead atoms. The summed E-state index contributed by atoms with van der Waals surface area (Å²) in [5.74, 6) is 0. The summed E-state index contributed by atoms with van der Waals surface area (Å²) in [4.78, 5) is 4.36. The van der Waals surface area contributed by atoms with E-state index in [4.69, 9.17) is 0 Å². The van der Waals surface area contributed by atoms with E-state index >= 15 is 0 Å². The number of aryl methyl sites for hydroxylation is 1. The third-order valence-electron chi connectivity index (χ3n) is 2.60. The zero-order chi connectivity index (χ0) is 13.1. The summed E-state index contributed by atoms with van der Waals surface area (Å²) < 4.78 is 2.84. The second kappa shape index (κ2) is 5.63. The van der Waals surface area contributed by atoms with Crippen molar-refractivity contribution in [1.29, 1.82) is 0 Å². The van der Waals surface area contributed by atoms with Crippen molar-refractivity contribution in [1.82, 2.24) is 20.1 Å². The van der Waals surface area contributed by atoms with Crippen LogP contribution in [0.2, 0.25) is 0 Å². The predicted molar refractivity (Wildman–Crippen MR) is 75.8 cm³/mol. The van der Waals surface area contributed by atoms with Gasteiger partial charge in [0.05, 0.1) is 16.4 Å². The van der Waals surface area contributed by atoms with Crippen molar-refractivity contribution in [3.8, 4) is 5.69 Å². The lowest BCUT2D eigenvalue weighted by atomic mass is 10.2. The van der Waals surface area contributed by atoms with Crippen LogP contribution >= 0.6 is 15.9 Å². The standard InChI is InChI=1S/C13H17BrN4/c1-9(2)15-5-11-6-16-10(3)4-13(11)18-8-12(14)7-17-18/h4,6-9,15H,5H2,1-3H3. The molecule has 0 aliphatic heterocycles. The van der Waals surface area contributed by atoms with Crippen LogP contribution < -0.4 is 5.32 Å². The van der Waals surface area contributed by atoms with Crippen LogP contribution in [-0.2, 0) is 6.54 Å². The molecule has 2 aromatic rings. The molecule has 0 saturated heterocycles. The minimum absolute atomic E-state index is 0.448. The van der Waals surface area contributed by atoms with E-state index in [1.807, 2.05) is 24.0 Å². The summed E-state index contributed by atoms with van der Waals surface area (Å²) in [6.07, 6.45) is 5.65. The fourth-order valence-electron chi connectivity index (χ4n) is 1.67. The SMILES string of the molecule is Cc1cc(-n2cc(Br)cn2)c(CNC(C)C)cn1. The van der Waals surface area contributed by atoms with Crippen LogP contribution in [0.4, 0.5) is 0 Å². The molecule has 96 valence electrons. The Morgan fingerprint density at radius 2 is 2.17 bits per heavy atom. The summed E-state index contributed by atoms with van der Waals surface area (Å²) in [7, 11) is 0. The largest absolute Gasteiger partial charge is 0.310 e. The van der Waals surface area contributed by atoms with Crippen molar-refractivity contribution in [2.75, 3.05) is 0 Å². The Morgan fingerprint density at radius 3 is 2.78 bits per heavy atom. The molecule has 0 unspecified atom stereocenters. The van der Waals surface area contributed by atoms with Gasteiger partial charge in [-0.3, -0.25) is 4.98 Å². The van der Waals surface area contributed by atoms with Crippen molar-refractivity contribution < 1.29 is 0 Å². The first kappa shape index (κ1) is 13.2. The highest BCUT2D eigenvalue weighted by Gasteiger charge is 2.08. The fraction of sp³-hybridized carbons (Fsp3) is 0.385. The number of halogens is 1. The van der Waals surface area contributed by atoms with Crippen LogP contribution in [0, 0.1) is 6.92 Å². The Balaban J connectivity index is 2.34. The second-order valence-electron chi connectivity index (χ2n) is 4.59. The quantitative estimate of drug-likeness (QED) is 0.944. The number of hydrogen-bond acceptors (Lipinski definition) is 3. The molecule has 0 aliphatic carbocycles. The highest BCUT2D eigenvalue weighted by molar-refractivity contribution is 9.10. The van der Waals surface area contributed by atoms with E-state index in [1.54, 1.807) is 6.20 Å². The number of hydrogen-bond donors (Lipinski definition) is 1. The van der Waals surface area contributed by atoms with Gasteiger partial charge >= 0.3 is 0 Å². The maximum absolute atomic E-state index is 4.36. The van der Waals surface area contributed by atoms with Crippen molar-refractivity contribution in [2.24, 2.45) is 0 Å². The third-order valence-corrected chi connectivity index (χ3v) is 3.01. The summed E-state index contributed by atoms with van der Waals surface area (Å²) in [6, 6.07) is 2.50. The van der Waals surface area contributed by atoms with Gasteiger partial charge in [-0.05, 0) is 28.9 Å². The smallest absolute Gasteiger partial charge is 0.0724 e. The average molecular weight is 309 g/mol. The third kappa shape index (κ3) is 3.17. The maximum atomic E-state index is 4.36. The minimum atomic E-state index is 0.448. The van der Waals surface area contributed by atoms with Crippen molar-refractivity contribution in [3.05, 3.63) is 40.4 Å². The lowest BCUT2D eigenvalue weighted by Crippen LogP contribution is -2.23. The predicted octanol–water partition coefficient (Wildman–Crippen LogP) is 2.84. The molecule has 2 heterocycles. The Hall–Kier alpha value is -1.20. The zero-order valence-electron chi connectivity index (χ0n) is 10.8. The molecule has 0 amide bonds. The summed E-state index contributed by atoms with van der Waals surface area (Å²) >= 11 is 3.42. The van der Waals surface area contributed by atoms with Gasteiger partial charge in [-0.25, -0.2) is 4.68 Å². The molecule has 1 N–H and O–H groups in total. The van der Waals surface area contributed by atoms with E-state index in [2.05, 4.69) is 51.2 Å². The highest BCUT2D eigenvalue weighted by atomic mass is 79.9. The van der Waals surface area contributed by atoms with E-state index in [9.17, 15) is 0 Å². The van der Waals surface area contributed by atoms with Crippen molar-refractivity contribution >= 4 is 15.9 Å². The summed E-state index contributed by atoms with van der Waals surface area (Å²) in [5.41, 5.74) is 3.20. The Labute approximate surface area is 116 Å². The molecular formula is C13H17BrN4. The van der Waals surface area contributed by atoms with E-state index in [-0.39, 0.29) is 0 Å². The molecule has 2 rings (SSSR count). The molecule has 0 aliphatic rings. The number of nitrogens with zero attached hydrogens (tertiary/aromatic N) is 3. The van der Waals surface area contributed by atoms with Gasteiger partial charge in [0, 0.05) is 36.2 Å². The van der Waals surface area contributed by atoms with Crippen LogP contribution in [0.3, 0.4) is 0 Å². The second-order valence-corrected chi connectivity index (χ2v) is 5.51. The fourth-order valence-corrected chi connectivity index (χ4v) is 1.96. The lowest BCUT2D eigenvalue weighted by Gasteiger charge is -2.12. The maximum Gasteiger partial charge on any atom is 0.0724 e. The van der Waals surface area contributed by atoms with E-state index in [1.165, 1.54) is 0 Å². The zero-order valence-corrected chi connectivity index (χ0v) is 12.4. The van der Waals surface area contributed by atoms with Gasteiger partial charge in [0.2, 0.25) is 0 Å². The first-order valence-electron chi connectivity index (χ1n) is 5.95. The molecule has 18 heavy (non-hydrogen) atoms. The van der Waals surface area contributed by atoms with Gasteiger partial charge in [0.1, 0.15) is 0 Å². The summed E-state index contributed by atoms with van der Waals surface area (Å²) in [5, 5.41) is 7.73. The molecule has 5 heteroatoms. The monoisotopic (exact) mass is 308 g/mol. The van der Waals surface area contributed by atoms with Crippen molar-refractivity contribution in [2.45, 2.75) is 33.4 Å². The van der Waals surface area contributed by atoms with E-state index in [0.717, 1.165) is 28.0 Å². The topological polar surface area (TPSA) is 42.7 Å². The molecule has 0 aromatic carbocycles. The Morgan fingerprint density at radius 1 is 1.39 bits per heavy atom. The van der Waals surface area contributed by atoms with Gasteiger partial charge in [0.25, 0.3) is 0 Å². The number of nitrogens with one attached hydrogen (secondary N) is 1. The molecule has 0 saturated carbocycles. The molecule has 2 aromatic heterocycles. The van der Waals surface area contributed by atoms with Gasteiger partial charge in [-0.1, -0.05) is 13.8 Å². The van der Waals surface area contributed by atoms with Crippen LogP contribution in [0.1, 0.15) is 25.1 Å². The lowest BCUT2D eigenvalue weighted by molar-refractivity contribution is 0.585. The van der Waals surface area contributed by atoms with Crippen LogP contribution in [0.5, 0.6) is 0 Å². The van der Waals surface area contributed by atoms with Crippen LogP contribution in [-0.4, -0.2) is 20.8 Å². The minimum Gasteiger partial charge on any atom is -0.310 e. The summed E-state index contributed by atoms with van der Waals surface area (Å²) in [6.45, 7) is 7.04. The van der Waals surface area contributed by atoms with Gasteiger partial charge < -0.3 is 5.32 Å². The van der Waals surface area contributed by atoms with Gasteiger partial charge in [0.15, 0.2) is 0 Å². The first-order chi connectivity index (χ1) is 8.56. The average Bonchev–Trinajstić information content (AvgIpc) is 2.74. The molecule has 4 nitrogen and oxygen atoms in total. The van der Waals surface area contributed by atoms with E-state index in [0.29, 0.717) is 6.04 Å². The molecular weight excluding hydrogens is 292 g/mol. The van der Waals surface area contributed by atoms with Crippen molar-refractivity contribution in [3.63, 3.8) is 0 Å². The Kier molecular flexibility index (Phi) is 4.14. The Bertz CT molecular complexity index is 534. The van der Waals surface area contributed by atoms with Gasteiger partial charge in [-0.2, -0.15) is 5.10 Å². The highest BCUT2D eigenvalue weighted by Crippen LogP contribution is 2.17. The molecule has 0 spiro atoms. The van der Waals surface area contributed by atoms with Crippen LogP contribution in [0.15, 0.2) is 29.1 Å². The number of aromatic nitrogens is 3. The van der Waals surface area contributed by atoms with Gasteiger partial charge in [-0.15, -0.1) is 0 Å². The first-order valence-corrected chi connectivity index (χ1v) is 6.75. The number of pyridine rings is 1. The molecule has 0 fully saturated rings. The van der Waals surface area contributed by atoms with E-state index < -0.39 is 0 Å². The van der Waals surface area contributed by atoms with Crippen LogP contribution in [0.25, 0.3) is 5.69 Å².